The highest BCUT2D eigenvalue weighted by Gasteiger charge is 2.31. The van der Waals surface area contributed by atoms with Crippen molar-refractivity contribution in [2.24, 2.45) is 0 Å². The smallest absolute Gasteiger partial charge is 0.259 e. The molecule has 0 spiro atoms. The Hall–Kier alpha value is -2.40. The Balaban J connectivity index is 1.95. The third-order valence-electron chi connectivity index (χ3n) is 4.51. The maximum atomic E-state index is 12.8. The van der Waals surface area contributed by atoms with E-state index in [1.807, 2.05) is 19.1 Å². The van der Waals surface area contributed by atoms with E-state index in [1.165, 1.54) is 14.2 Å². The number of rotatable bonds is 4. The van der Waals surface area contributed by atoms with Crippen molar-refractivity contribution in [3.63, 3.8) is 0 Å². The van der Waals surface area contributed by atoms with Crippen molar-refractivity contribution in [2.75, 3.05) is 19.5 Å². The molecule has 2 aromatic carbocycles. The molecule has 0 radical (unpaired) electrons. The summed E-state index contributed by atoms with van der Waals surface area (Å²) in [4.78, 5) is 12.8. The summed E-state index contributed by atoms with van der Waals surface area (Å²) in [5.74, 6) is 1.51. The molecular weight excluding hydrogens is 342 g/mol. The first-order valence-corrected chi connectivity index (χ1v) is 8.36. The summed E-state index contributed by atoms with van der Waals surface area (Å²) < 4.78 is 16.4. The third kappa shape index (κ3) is 3.12. The molecule has 0 saturated heterocycles. The van der Waals surface area contributed by atoms with Crippen LogP contribution in [-0.2, 0) is 0 Å². The fraction of sp³-hybridized carbons (Fsp3) is 0.316. The topological polar surface area (TPSA) is 56.8 Å². The Morgan fingerprint density at radius 1 is 1.16 bits per heavy atom. The second-order valence-electron chi connectivity index (χ2n) is 5.98. The van der Waals surface area contributed by atoms with Gasteiger partial charge in [0.1, 0.15) is 23.4 Å². The number of nitrogens with one attached hydrogen (secondary N) is 1. The Morgan fingerprint density at radius 3 is 2.56 bits per heavy atom. The van der Waals surface area contributed by atoms with Crippen LogP contribution in [0.1, 0.15) is 35.7 Å². The number of halogens is 1. The maximum Gasteiger partial charge on any atom is 0.259 e. The van der Waals surface area contributed by atoms with Crippen LogP contribution < -0.4 is 19.5 Å². The largest absolute Gasteiger partial charge is 0.495 e. The molecule has 1 aliphatic heterocycles. The van der Waals surface area contributed by atoms with E-state index in [9.17, 15) is 4.79 Å². The van der Waals surface area contributed by atoms with Crippen molar-refractivity contribution in [3.8, 4) is 17.2 Å². The Morgan fingerprint density at radius 2 is 1.88 bits per heavy atom. The maximum absolute atomic E-state index is 12.8. The Kier molecular flexibility index (Phi) is 4.77. The zero-order valence-corrected chi connectivity index (χ0v) is 15.3. The quantitative estimate of drug-likeness (QED) is 0.871. The average Bonchev–Trinajstić information content (AvgIpc) is 2.90. The number of carbonyl (C=O) groups excluding carboxylic acids is 1. The van der Waals surface area contributed by atoms with Gasteiger partial charge in [0.25, 0.3) is 5.91 Å². The van der Waals surface area contributed by atoms with Crippen LogP contribution in [0, 0.1) is 0 Å². The number of ether oxygens (including phenoxy) is 3. The van der Waals surface area contributed by atoms with E-state index in [2.05, 4.69) is 12.2 Å². The van der Waals surface area contributed by atoms with Gasteiger partial charge in [-0.2, -0.15) is 0 Å². The molecule has 2 atom stereocenters. The van der Waals surface area contributed by atoms with Crippen LogP contribution in [-0.4, -0.2) is 26.2 Å². The first kappa shape index (κ1) is 17.4. The van der Waals surface area contributed by atoms with Crippen LogP contribution in [0.15, 0.2) is 30.3 Å². The first-order chi connectivity index (χ1) is 12.0. The summed E-state index contributed by atoms with van der Waals surface area (Å²) in [6, 6.07) is 8.84. The number of para-hydroxylation sites is 1. The summed E-state index contributed by atoms with van der Waals surface area (Å²) >= 11 is 6.10. The number of benzene rings is 2. The number of carbonyl (C=O) groups is 1. The van der Waals surface area contributed by atoms with E-state index in [-0.39, 0.29) is 17.9 Å². The minimum atomic E-state index is -0.277. The van der Waals surface area contributed by atoms with Crippen LogP contribution in [0.2, 0.25) is 5.02 Å². The molecule has 1 aliphatic rings. The van der Waals surface area contributed by atoms with Gasteiger partial charge < -0.3 is 19.5 Å². The zero-order chi connectivity index (χ0) is 18.1. The summed E-state index contributed by atoms with van der Waals surface area (Å²) in [6.07, 6.45) is 0.0362. The Labute approximate surface area is 151 Å². The van der Waals surface area contributed by atoms with Crippen molar-refractivity contribution < 1.29 is 19.0 Å². The number of hydrogen-bond donors (Lipinski definition) is 1. The van der Waals surface area contributed by atoms with E-state index >= 15 is 0 Å². The lowest BCUT2D eigenvalue weighted by atomic mass is 9.97. The van der Waals surface area contributed by atoms with Gasteiger partial charge in [0, 0.05) is 23.6 Å². The van der Waals surface area contributed by atoms with E-state index < -0.39 is 0 Å². The molecule has 1 amide bonds. The van der Waals surface area contributed by atoms with Crippen LogP contribution in [0.25, 0.3) is 0 Å². The standard InChI is InChI=1S/C19H20ClNO4/c1-10-11(2)25-18-12(10)6-5-7-13(18)19(22)21-15-9-16(23-3)14(20)8-17(15)24-4/h5-11H,1-4H3,(H,21,22)/t10-,11+/m1/s1. The van der Waals surface area contributed by atoms with Crippen molar-refractivity contribution >= 4 is 23.2 Å². The second-order valence-corrected chi connectivity index (χ2v) is 6.38. The molecule has 0 aliphatic carbocycles. The number of hydrogen-bond acceptors (Lipinski definition) is 4. The number of amides is 1. The van der Waals surface area contributed by atoms with Crippen molar-refractivity contribution in [2.45, 2.75) is 25.9 Å². The fourth-order valence-electron chi connectivity index (χ4n) is 2.91. The molecule has 6 heteroatoms. The van der Waals surface area contributed by atoms with Gasteiger partial charge >= 0.3 is 0 Å². The fourth-order valence-corrected chi connectivity index (χ4v) is 3.14. The highest BCUT2D eigenvalue weighted by molar-refractivity contribution is 6.32. The highest BCUT2D eigenvalue weighted by Crippen LogP contribution is 2.41. The lowest BCUT2D eigenvalue weighted by Gasteiger charge is -2.14. The van der Waals surface area contributed by atoms with E-state index in [0.717, 1.165) is 5.56 Å². The molecule has 0 saturated carbocycles. The van der Waals surface area contributed by atoms with E-state index in [4.69, 9.17) is 25.8 Å². The lowest BCUT2D eigenvalue weighted by Crippen LogP contribution is -2.15. The number of methoxy groups -OCH3 is 2. The van der Waals surface area contributed by atoms with Crippen LogP contribution in [0.3, 0.4) is 0 Å². The van der Waals surface area contributed by atoms with Crippen molar-refractivity contribution in [1.29, 1.82) is 0 Å². The lowest BCUT2D eigenvalue weighted by molar-refractivity contribution is 0.102. The van der Waals surface area contributed by atoms with Crippen LogP contribution >= 0.6 is 11.6 Å². The predicted molar refractivity (Wildman–Crippen MR) is 97.5 cm³/mol. The monoisotopic (exact) mass is 361 g/mol. The second kappa shape index (κ2) is 6.84. The van der Waals surface area contributed by atoms with Crippen molar-refractivity contribution in [1.82, 2.24) is 0 Å². The predicted octanol–water partition coefficient (Wildman–Crippen LogP) is 4.49. The molecule has 0 unspecified atom stereocenters. The molecule has 2 aromatic rings. The average molecular weight is 362 g/mol. The molecule has 5 nitrogen and oxygen atoms in total. The molecule has 0 bridgehead atoms. The van der Waals surface area contributed by atoms with E-state index in [0.29, 0.717) is 33.5 Å². The van der Waals surface area contributed by atoms with Gasteiger partial charge in [-0.05, 0) is 13.0 Å². The minimum Gasteiger partial charge on any atom is -0.495 e. The number of fused-ring (bicyclic) bond motifs is 1. The number of anilines is 1. The molecule has 3 rings (SSSR count). The van der Waals surface area contributed by atoms with Crippen molar-refractivity contribution in [3.05, 3.63) is 46.5 Å². The first-order valence-electron chi connectivity index (χ1n) is 7.98. The highest BCUT2D eigenvalue weighted by atomic mass is 35.5. The van der Waals surface area contributed by atoms with Crippen LogP contribution in [0.5, 0.6) is 17.2 Å². The van der Waals surface area contributed by atoms with Gasteiger partial charge in [-0.3, -0.25) is 4.79 Å². The summed E-state index contributed by atoms with van der Waals surface area (Å²) in [5.41, 5.74) is 2.01. The third-order valence-corrected chi connectivity index (χ3v) is 4.81. The zero-order valence-electron chi connectivity index (χ0n) is 14.6. The molecule has 1 heterocycles. The van der Waals surface area contributed by atoms with Gasteiger partial charge in [-0.1, -0.05) is 30.7 Å². The molecule has 25 heavy (non-hydrogen) atoms. The summed E-state index contributed by atoms with van der Waals surface area (Å²) in [7, 11) is 3.03. The SMILES string of the molecule is COc1cc(NC(=O)c2cccc3c2O[C@@H](C)[C@H]3C)c(OC)cc1Cl. The van der Waals surface area contributed by atoms with Gasteiger partial charge in [0.2, 0.25) is 0 Å². The summed E-state index contributed by atoms with van der Waals surface area (Å²) in [5, 5.41) is 3.26. The molecule has 0 aromatic heterocycles. The van der Waals surface area contributed by atoms with Gasteiger partial charge in [-0.25, -0.2) is 0 Å². The molecule has 1 N–H and O–H groups in total. The molecule has 132 valence electrons. The van der Waals surface area contributed by atoms with Gasteiger partial charge in [0.15, 0.2) is 0 Å². The van der Waals surface area contributed by atoms with Gasteiger partial charge in [-0.15, -0.1) is 0 Å². The summed E-state index contributed by atoms with van der Waals surface area (Å²) in [6.45, 7) is 4.09. The minimum absolute atomic E-state index is 0.0362. The molecule has 0 fully saturated rings. The van der Waals surface area contributed by atoms with Gasteiger partial charge in [0.05, 0.1) is 30.5 Å². The normalized spacial score (nSPS) is 18.3. The van der Waals surface area contributed by atoms with Crippen LogP contribution in [0.4, 0.5) is 5.69 Å². The Bertz CT molecular complexity index is 821. The molecular formula is C19H20ClNO4. The van der Waals surface area contributed by atoms with E-state index in [1.54, 1.807) is 18.2 Å².